The number of anilines is 1. The van der Waals surface area contributed by atoms with Gasteiger partial charge < -0.3 is 14.8 Å². The second-order valence-corrected chi connectivity index (χ2v) is 8.79. The predicted octanol–water partition coefficient (Wildman–Crippen LogP) is 5.65. The summed E-state index contributed by atoms with van der Waals surface area (Å²) in [5.41, 5.74) is 5.81. The number of amides is 2. The van der Waals surface area contributed by atoms with Gasteiger partial charge in [-0.3, -0.25) is 14.4 Å². The van der Waals surface area contributed by atoms with Crippen molar-refractivity contribution >= 4 is 35.8 Å². The molecule has 0 saturated carbocycles. The average molecular weight is 548 g/mol. The third-order valence-corrected chi connectivity index (χ3v) is 5.70. The maximum absolute atomic E-state index is 12.5. The molecule has 4 aromatic carbocycles. The van der Waals surface area contributed by atoms with Crippen molar-refractivity contribution in [3.8, 4) is 11.5 Å². The molecule has 2 amide bonds. The van der Waals surface area contributed by atoms with E-state index in [-0.39, 0.29) is 12.3 Å². The Morgan fingerprint density at radius 2 is 1.51 bits per heavy atom. The van der Waals surface area contributed by atoms with E-state index in [4.69, 9.17) is 9.47 Å². The monoisotopic (exact) mass is 547 g/mol. The van der Waals surface area contributed by atoms with Crippen molar-refractivity contribution in [2.24, 2.45) is 5.10 Å². The Labute approximate surface area is 238 Å². The number of hydrogen-bond donors (Lipinski definition) is 2. The van der Waals surface area contributed by atoms with Crippen LogP contribution in [0.3, 0.4) is 0 Å². The second-order valence-electron chi connectivity index (χ2n) is 8.79. The molecule has 4 aromatic rings. The number of benzene rings is 4. The van der Waals surface area contributed by atoms with Crippen molar-refractivity contribution < 1.29 is 23.9 Å². The van der Waals surface area contributed by atoms with Crippen molar-refractivity contribution in [3.63, 3.8) is 0 Å². The van der Waals surface area contributed by atoms with E-state index in [1.807, 2.05) is 67.6 Å². The molecule has 4 rings (SSSR count). The molecule has 41 heavy (non-hydrogen) atoms. The molecule has 206 valence electrons. The Balaban J connectivity index is 1.30. The summed E-state index contributed by atoms with van der Waals surface area (Å²) in [5, 5.41) is 6.78. The van der Waals surface area contributed by atoms with Crippen LogP contribution in [-0.4, -0.2) is 30.6 Å². The van der Waals surface area contributed by atoms with E-state index in [2.05, 4.69) is 15.8 Å². The van der Waals surface area contributed by atoms with Crippen molar-refractivity contribution in [1.29, 1.82) is 0 Å². The zero-order valence-electron chi connectivity index (χ0n) is 22.4. The topological polar surface area (TPSA) is 106 Å². The number of carbonyl (C=O) groups is 3. The molecule has 0 saturated heterocycles. The van der Waals surface area contributed by atoms with E-state index >= 15 is 0 Å². The van der Waals surface area contributed by atoms with Gasteiger partial charge in [-0.15, -0.1) is 0 Å². The SMILES string of the molecule is CCOc1cc(/C=N\NC(=O)c2ccc(NC(=O)/C=C/c3ccccc3)cc2)ccc1OC(=O)Cc1ccccc1. The summed E-state index contributed by atoms with van der Waals surface area (Å²) in [5.74, 6) is -0.407. The number of hydrazone groups is 1. The van der Waals surface area contributed by atoms with Gasteiger partial charge in [0.05, 0.1) is 19.2 Å². The molecular formula is C33H29N3O5. The van der Waals surface area contributed by atoms with E-state index < -0.39 is 11.9 Å². The Hall–Kier alpha value is -5.50. The standard InChI is InChI=1S/C33H29N3O5/c1-2-40-30-21-26(13-19-29(30)41-32(38)22-25-11-7-4-8-12-25)23-34-36-33(39)27-15-17-28(18-16-27)35-31(37)20-14-24-9-5-3-6-10-24/h3-21,23H,2,22H2,1H3,(H,35,37)(H,36,39)/b20-14+,34-23-. The number of carbonyl (C=O) groups excluding carboxylic acids is 3. The van der Waals surface area contributed by atoms with Crippen LogP contribution in [0, 0.1) is 0 Å². The first-order valence-electron chi connectivity index (χ1n) is 13.0. The number of esters is 1. The summed E-state index contributed by atoms with van der Waals surface area (Å²) in [6, 6.07) is 30.3. The fourth-order valence-electron chi connectivity index (χ4n) is 3.73. The van der Waals surface area contributed by atoms with Crippen LogP contribution >= 0.6 is 0 Å². The number of rotatable bonds is 11. The summed E-state index contributed by atoms with van der Waals surface area (Å²) >= 11 is 0. The van der Waals surface area contributed by atoms with Gasteiger partial charge in [0.25, 0.3) is 5.91 Å². The minimum absolute atomic E-state index is 0.139. The van der Waals surface area contributed by atoms with Crippen LogP contribution in [0.5, 0.6) is 11.5 Å². The first kappa shape index (κ1) is 28.5. The van der Waals surface area contributed by atoms with Crippen LogP contribution in [0.1, 0.15) is 34.0 Å². The van der Waals surface area contributed by atoms with Gasteiger partial charge in [0.15, 0.2) is 11.5 Å². The highest BCUT2D eigenvalue weighted by Gasteiger charge is 2.12. The third kappa shape index (κ3) is 9.04. The molecule has 0 aliphatic rings. The lowest BCUT2D eigenvalue weighted by molar-refractivity contribution is -0.133. The van der Waals surface area contributed by atoms with Crippen molar-refractivity contribution in [2.75, 3.05) is 11.9 Å². The predicted molar refractivity (Wildman–Crippen MR) is 159 cm³/mol. The van der Waals surface area contributed by atoms with E-state index in [9.17, 15) is 14.4 Å². The highest BCUT2D eigenvalue weighted by molar-refractivity contribution is 6.02. The Bertz CT molecular complexity index is 1530. The fraction of sp³-hybridized carbons (Fsp3) is 0.0909. The molecule has 0 aliphatic heterocycles. The lowest BCUT2D eigenvalue weighted by Crippen LogP contribution is -2.17. The lowest BCUT2D eigenvalue weighted by atomic mass is 10.1. The minimum atomic E-state index is -0.417. The van der Waals surface area contributed by atoms with E-state index in [0.717, 1.165) is 11.1 Å². The van der Waals surface area contributed by atoms with Crippen LogP contribution in [0.2, 0.25) is 0 Å². The number of nitrogens with one attached hydrogen (secondary N) is 2. The maximum atomic E-state index is 12.5. The molecule has 0 atom stereocenters. The van der Waals surface area contributed by atoms with Gasteiger partial charge in [-0.25, -0.2) is 5.43 Å². The molecule has 0 aromatic heterocycles. The molecule has 0 bridgehead atoms. The average Bonchev–Trinajstić information content (AvgIpc) is 2.99. The fourth-order valence-corrected chi connectivity index (χ4v) is 3.73. The molecule has 8 nitrogen and oxygen atoms in total. The molecule has 0 aliphatic carbocycles. The summed E-state index contributed by atoms with van der Waals surface area (Å²) in [4.78, 5) is 37.1. The van der Waals surface area contributed by atoms with Crippen LogP contribution in [0.15, 0.2) is 114 Å². The zero-order valence-corrected chi connectivity index (χ0v) is 22.4. The second kappa shape index (κ2) is 14.6. The molecule has 0 radical (unpaired) electrons. The van der Waals surface area contributed by atoms with Gasteiger partial charge in [0, 0.05) is 17.3 Å². The molecule has 0 heterocycles. The van der Waals surface area contributed by atoms with Crippen molar-refractivity contribution in [3.05, 3.63) is 131 Å². The number of nitrogens with zero attached hydrogens (tertiary/aromatic N) is 1. The van der Waals surface area contributed by atoms with Crippen molar-refractivity contribution in [1.82, 2.24) is 5.43 Å². The largest absolute Gasteiger partial charge is 0.490 e. The summed E-state index contributed by atoms with van der Waals surface area (Å²) < 4.78 is 11.2. The summed E-state index contributed by atoms with van der Waals surface area (Å²) in [6.45, 7) is 2.20. The van der Waals surface area contributed by atoms with Gasteiger partial charge in [0.1, 0.15) is 0 Å². The highest BCUT2D eigenvalue weighted by Crippen LogP contribution is 2.28. The summed E-state index contributed by atoms with van der Waals surface area (Å²) in [7, 11) is 0. The highest BCUT2D eigenvalue weighted by atomic mass is 16.6. The molecular weight excluding hydrogens is 518 g/mol. The lowest BCUT2D eigenvalue weighted by Gasteiger charge is -2.11. The van der Waals surface area contributed by atoms with Crippen LogP contribution in [0.25, 0.3) is 6.08 Å². The van der Waals surface area contributed by atoms with Gasteiger partial charge in [-0.1, -0.05) is 60.7 Å². The van der Waals surface area contributed by atoms with E-state index in [1.165, 1.54) is 12.3 Å². The van der Waals surface area contributed by atoms with E-state index in [1.54, 1.807) is 48.5 Å². The minimum Gasteiger partial charge on any atom is -0.490 e. The number of hydrogen-bond acceptors (Lipinski definition) is 6. The maximum Gasteiger partial charge on any atom is 0.315 e. The molecule has 0 fully saturated rings. The van der Waals surface area contributed by atoms with Crippen molar-refractivity contribution in [2.45, 2.75) is 13.3 Å². The van der Waals surface area contributed by atoms with Gasteiger partial charge in [0.2, 0.25) is 5.91 Å². The first-order chi connectivity index (χ1) is 20.0. The number of ether oxygens (including phenoxy) is 2. The van der Waals surface area contributed by atoms with Gasteiger partial charge in [-0.05, 0) is 72.2 Å². The zero-order chi connectivity index (χ0) is 28.9. The van der Waals surface area contributed by atoms with Gasteiger partial charge >= 0.3 is 5.97 Å². The van der Waals surface area contributed by atoms with Crippen LogP contribution in [0.4, 0.5) is 5.69 Å². The third-order valence-electron chi connectivity index (χ3n) is 5.70. The normalized spacial score (nSPS) is 10.9. The first-order valence-corrected chi connectivity index (χ1v) is 13.0. The molecule has 0 spiro atoms. The van der Waals surface area contributed by atoms with Gasteiger partial charge in [-0.2, -0.15) is 5.10 Å². The Morgan fingerprint density at radius 1 is 0.805 bits per heavy atom. The van der Waals surface area contributed by atoms with E-state index in [0.29, 0.717) is 34.9 Å². The summed E-state index contributed by atoms with van der Waals surface area (Å²) in [6.07, 6.45) is 4.77. The van der Waals surface area contributed by atoms with Crippen LogP contribution in [-0.2, 0) is 16.0 Å². The van der Waals surface area contributed by atoms with Crippen LogP contribution < -0.4 is 20.2 Å². The Morgan fingerprint density at radius 3 is 2.22 bits per heavy atom. The molecule has 8 heteroatoms. The Kier molecular flexibility index (Phi) is 10.1. The smallest absolute Gasteiger partial charge is 0.315 e. The molecule has 2 N–H and O–H groups in total. The quantitative estimate of drug-likeness (QED) is 0.0830. The molecule has 0 unspecified atom stereocenters.